The molecule has 0 aromatic heterocycles. The lowest BCUT2D eigenvalue weighted by Crippen LogP contribution is -2.07. The average Bonchev–Trinajstić information content (AvgIpc) is 2.76. The van der Waals surface area contributed by atoms with E-state index in [1.165, 1.54) is 6.07 Å². The van der Waals surface area contributed by atoms with Crippen molar-refractivity contribution < 1.29 is 9.18 Å². The van der Waals surface area contributed by atoms with Crippen molar-refractivity contribution in [1.29, 1.82) is 0 Å². The molecule has 0 saturated heterocycles. The highest BCUT2D eigenvalue weighted by atomic mass is 35.5. The zero-order valence-corrected chi connectivity index (χ0v) is 9.56. The van der Waals surface area contributed by atoms with Crippen LogP contribution in [-0.2, 0) is 11.2 Å². The third-order valence-electron chi connectivity index (χ3n) is 2.80. The van der Waals surface area contributed by atoms with Gasteiger partial charge in [-0.15, -0.1) is 0 Å². The lowest BCUT2D eigenvalue weighted by molar-refractivity contribution is -0.115. The van der Waals surface area contributed by atoms with Crippen LogP contribution in [0.5, 0.6) is 0 Å². The van der Waals surface area contributed by atoms with Gasteiger partial charge in [-0.3, -0.25) is 4.79 Å². The van der Waals surface area contributed by atoms with Crippen molar-refractivity contribution in [2.75, 3.05) is 0 Å². The minimum Gasteiger partial charge on any atom is -0.294 e. The van der Waals surface area contributed by atoms with Crippen LogP contribution in [0.25, 0.3) is 0 Å². The maximum absolute atomic E-state index is 13.4. The fraction of sp³-hybridized carbons (Fsp3) is 0.308. The standard InChI is InChI=1S/C13H12ClFO/c14-11-6-3-7-12(15)10(11)8-13(16)9-4-1-2-5-9/h3-4,6-7H,1-2,5,8H2. The van der Waals surface area contributed by atoms with Crippen LogP contribution in [0, 0.1) is 5.82 Å². The van der Waals surface area contributed by atoms with Crippen molar-refractivity contribution in [3.63, 3.8) is 0 Å². The molecule has 0 aliphatic heterocycles. The summed E-state index contributed by atoms with van der Waals surface area (Å²) in [5.74, 6) is -0.413. The maximum atomic E-state index is 13.4. The van der Waals surface area contributed by atoms with Gasteiger partial charge in [-0.05, 0) is 37.0 Å². The molecule has 2 rings (SSSR count). The SMILES string of the molecule is O=C(Cc1c(F)cccc1Cl)C1=CCCC1. The molecule has 0 spiro atoms. The first kappa shape index (κ1) is 11.3. The monoisotopic (exact) mass is 238 g/mol. The number of allylic oxidation sites excluding steroid dienone is 2. The Kier molecular flexibility index (Phi) is 3.39. The van der Waals surface area contributed by atoms with Crippen LogP contribution in [0.2, 0.25) is 5.02 Å². The second kappa shape index (κ2) is 4.79. The smallest absolute Gasteiger partial charge is 0.163 e. The molecule has 0 saturated carbocycles. The molecule has 1 nitrogen and oxygen atoms in total. The molecule has 1 aromatic carbocycles. The zero-order chi connectivity index (χ0) is 11.5. The molecule has 1 aliphatic rings. The average molecular weight is 239 g/mol. The molecule has 3 heteroatoms. The first-order valence-corrected chi connectivity index (χ1v) is 5.71. The zero-order valence-electron chi connectivity index (χ0n) is 8.80. The van der Waals surface area contributed by atoms with Crippen molar-refractivity contribution in [2.45, 2.75) is 25.7 Å². The van der Waals surface area contributed by atoms with Gasteiger partial charge in [0.05, 0.1) is 0 Å². The lowest BCUT2D eigenvalue weighted by Gasteiger charge is -2.05. The maximum Gasteiger partial charge on any atom is 0.163 e. The van der Waals surface area contributed by atoms with E-state index in [0.29, 0.717) is 10.6 Å². The van der Waals surface area contributed by atoms with E-state index in [0.717, 1.165) is 24.8 Å². The van der Waals surface area contributed by atoms with Crippen LogP contribution in [-0.4, -0.2) is 5.78 Å². The minimum atomic E-state index is -0.403. The normalized spacial score (nSPS) is 15.0. The van der Waals surface area contributed by atoms with Crippen LogP contribution in [0.15, 0.2) is 29.8 Å². The van der Waals surface area contributed by atoms with Crippen LogP contribution >= 0.6 is 11.6 Å². The third-order valence-corrected chi connectivity index (χ3v) is 3.15. The second-order valence-corrected chi connectivity index (χ2v) is 4.33. The van der Waals surface area contributed by atoms with Crippen molar-refractivity contribution in [3.05, 3.63) is 46.3 Å². The van der Waals surface area contributed by atoms with Crippen molar-refractivity contribution in [1.82, 2.24) is 0 Å². The van der Waals surface area contributed by atoms with Gasteiger partial charge in [0.15, 0.2) is 5.78 Å². The van der Waals surface area contributed by atoms with E-state index in [1.807, 2.05) is 6.08 Å². The molecule has 0 N–H and O–H groups in total. The number of halogens is 2. The minimum absolute atomic E-state index is 0.00972. The molecule has 0 fully saturated rings. The molecule has 16 heavy (non-hydrogen) atoms. The quantitative estimate of drug-likeness (QED) is 0.785. The molecule has 1 aromatic rings. The molecule has 0 atom stereocenters. The van der Waals surface area contributed by atoms with E-state index in [1.54, 1.807) is 12.1 Å². The number of carbonyl (C=O) groups excluding carboxylic acids is 1. The highest BCUT2D eigenvalue weighted by Gasteiger charge is 2.17. The molecule has 84 valence electrons. The predicted octanol–water partition coefficient (Wildman–Crippen LogP) is 3.70. The summed E-state index contributed by atoms with van der Waals surface area (Å²) < 4.78 is 13.4. The van der Waals surface area contributed by atoms with Gasteiger partial charge in [0.25, 0.3) is 0 Å². The number of carbonyl (C=O) groups is 1. The largest absolute Gasteiger partial charge is 0.294 e. The Morgan fingerprint density at radius 2 is 2.25 bits per heavy atom. The first-order chi connectivity index (χ1) is 7.68. The summed E-state index contributed by atoms with van der Waals surface area (Å²) in [6, 6.07) is 4.48. The summed E-state index contributed by atoms with van der Waals surface area (Å²) in [6.45, 7) is 0. The van der Waals surface area contributed by atoms with Gasteiger partial charge in [0.1, 0.15) is 5.82 Å². The summed E-state index contributed by atoms with van der Waals surface area (Å²) in [6.07, 6.45) is 4.79. The molecule has 0 amide bonds. The Morgan fingerprint density at radius 1 is 1.44 bits per heavy atom. The summed E-state index contributed by atoms with van der Waals surface area (Å²) in [5, 5.41) is 0.326. The van der Waals surface area contributed by atoms with E-state index in [4.69, 9.17) is 11.6 Å². The number of hydrogen-bond donors (Lipinski definition) is 0. The fourth-order valence-electron chi connectivity index (χ4n) is 1.90. The number of Topliss-reactive ketones (excluding diaryl/α,β-unsaturated/α-hetero) is 1. The van der Waals surface area contributed by atoms with Crippen LogP contribution in [0.4, 0.5) is 4.39 Å². The third kappa shape index (κ3) is 2.33. The Hall–Kier alpha value is -1.15. The van der Waals surface area contributed by atoms with Gasteiger partial charge in [-0.2, -0.15) is 0 Å². The van der Waals surface area contributed by atoms with Crippen molar-refractivity contribution in [2.24, 2.45) is 0 Å². The van der Waals surface area contributed by atoms with Gasteiger partial charge >= 0.3 is 0 Å². The molecular weight excluding hydrogens is 227 g/mol. The number of ketones is 1. The van der Waals surface area contributed by atoms with Crippen LogP contribution in [0.1, 0.15) is 24.8 Å². The Labute approximate surface area is 98.9 Å². The number of hydrogen-bond acceptors (Lipinski definition) is 1. The van der Waals surface area contributed by atoms with Gasteiger partial charge in [0.2, 0.25) is 0 Å². The van der Waals surface area contributed by atoms with Crippen molar-refractivity contribution in [3.8, 4) is 0 Å². The molecule has 1 aliphatic carbocycles. The van der Waals surface area contributed by atoms with Gasteiger partial charge < -0.3 is 0 Å². The topological polar surface area (TPSA) is 17.1 Å². The summed E-state index contributed by atoms with van der Waals surface area (Å²) in [5.41, 5.74) is 1.13. The summed E-state index contributed by atoms with van der Waals surface area (Å²) in [4.78, 5) is 11.8. The van der Waals surface area contributed by atoms with E-state index in [-0.39, 0.29) is 12.2 Å². The highest BCUT2D eigenvalue weighted by Crippen LogP contribution is 2.24. The fourth-order valence-corrected chi connectivity index (χ4v) is 2.13. The summed E-state index contributed by atoms with van der Waals surface area (Å²) in [7, 11) is 0. The van der Waals surface area contributed by atoms with Gasteiger partial charge in [-0.1, -0.05) is 23.7 Å². The van der Waals surface area contributed by atoms with Gasteiger partial charge in [0, 0.05) is 17.0 Å². The summed E-state index contributed by atoms with van der Waals surface area (Å²) >= 11 is 5.87. The Bertz CT molecular complexity index is 431. The van der Waals surface area contributed by atoms with Gasteiger partial charge in [-0.25, -0.2) is 4.39 Å². The Morgan fingerprint density at radius 3 is 2.88 bits per heavy atom. The van der Waals surface area contributed by atoms with E-state index in [9.17, 15) is 9.18 Å². The number of rotatable bonds is 3. The Balaban J connectivity index is 2.17. The highest BCUT2D eigenvalue weighted by molar-refractivity contribution is 6.31. The van der Waals surface area contributed by atoms with E-state index >= 15 is 0 Å². The molecule has 0 unspecified atom stereocenters. The first-order valence-electron chi connectivity index (χ1n) is 5.33. The molecule has 0 bridgehead atoms. The molecule has 0 heterocycles. The number of benzene rings is 1. The molecule has 0 radical (unpaired) electrons. The lowest BCUT2D eigenvalue weighted by atomic mass is 10.0. The predicted molar refractivity (Wildman–Crippen MR) is 62.1 cm³/mol. The van der Waals surface area contributed by atoms with Crippen LogP contribution in [0.3, 0.4) is 0 Å². The van der Waals surface area contributed by atoms with Crippen molar-refractivity contribution >= 4 is 17.4 Å². The molecular formula is C13H12ClFO. The van der Waals surface area contributed by atoms with Crippen LogP contribution < -0.4 is 0 Å². The van der Waals surface area contributed by atoms with E-state index < -0.39 is 5.82 Å². The van der Waals surface area contributed by atoms with E-state index in [2.05, 4.69) is 0 Å². The second-order valence-electron chi connectivity index (χ2n) is 3.92.